The molecule has 1 saturated heterocycles. The number of aromatic nitrogens is 1. The summed E-state index contributed by atoms with van der Waals surface area (Å²) in [7, 11) is 0. The lowest BCUT2D eigenvalue weighted by Gasteiger charge is -2.33. The molecule has 3 nitrogen and oxygen atoms in total. The molecule has 1 aromatic rings. The number of carbonyl (C=O) groups is 1. The van der Waals surface area contributed by atoms with Gasteiger partial charge in [0.25, 0.3) is 0 Å². The molecule has 1 aromatic heterocycles. The van der Waals surface area contributed by atoms with Crippen LogP contribution in [-0.4, -0.2) is 33.6 Å². The molecule has 2 aliphatic rings. The molecule has 0 spiro atoms. The summed E-state index contributed by atoms with van der Waals surface area (Å²) in [6, 6.07) is 5.01. The van der Waals surface area contributed by atoms with E-state index in [0.29, 0.717) is 23.7 Å². The first kappa shape index (κ1) is 14.9. The number of rotatable bonds is 4. The van der Waals surface area contributed by atoms with Crippen LogP contribution in [0.25, 0.3) is 0 Å². The molecule has 1 aliphatic heterocycles. The lowest BCUT2D eigenvalue weighted by Crippen LogP contribution is -2.43. The van der Waals surface area contributed by atoms with E-state index in [0.717, 1.165) is 11.7 Å². The number of thioether (sulfide) groups is 1. The smallest absolute Gasteiger partial charge is 0.233 e. The van der Waals surface area contributed by atoms with E-state index in [2.05, 4.69) is 16.8 Å². The van der Waals surface area contributed by atoms with Crippen LogP contribution in [0, 0.1) is 5.92 Å². The number of nitrogens with zero attached hydrogens (tertiary/aromatic N) is 2. The van der Waals surface area contributed by atoms with Crippen LogP contribution < -0.4 is 0 Å². The number of amides is 1. The summed E-state index contributed by atoms with van der Waals surface area (Å²) in [6.45, 7) is 2.23. The van der Waals surface area contributed by atoms with Gasteiger partial charge >= 0.3 is 0 Å². The molecule has 0 aromatic carbocycles. The quantitative estimate of drug-likeness (QED) is 0.853. The second-order valence-corrected chi connectivity index (χ2v) is 7.33. The van der Waals surface area contributed by atoms with Gasteiger partial charge in [0.2, 0.25) is 5.91 Å². The minimum absolute atomic E-state index is 0.343. The van der Waals surface area contributed by atoms with Crippen molar-refractivity contribution in [1.82, 2.24) is 9.88 Å². The van der Waals surface area contributed by atoms with Gasteiger partial charge < -0.3 is 4.90 Å². The molecule has 0 radical (unpaired) electrons. The highest BCUT2D eigenvalue weighted by molar-refractivity contribution is 7.99. The van der Waals surface area contributed by atoms with Gasteiger partial charge in [0.1, 0.15) is 0 Å². The second kappa shape index (κ2) is 6.82. The van der Waals surface area contributed by atoms with Crippen LogP contribution in [0.4, 0.5) is 0 Å². The van der Waals surface area contributed by atoms with Crippen LogP contribution in [0.15, 0.2) is 24.5 Å². The highest BCUT2D eigenvalue weighted by Gasteiger charge is 2.42. The summed E-state index contributed by atoms with van der Waals surface area (Å²) in [5, 5.41) is 0. The van der Waals surface area contributed by atoms with Gasteiger partial charge in [0.05, 0.1) is 5.75 Å². The maximum atomic E-state index is 12.6. The van der Waals surface area contributed by atoms with Crippen LogP contribution in [0.2, 0.25) is 0 Å². The number of hydrogen-bond donors (Lipinski definition) is 0. The predicted molar refractivity (Wildman–Crippen MR) is 87.1 cm³/mol. The summed E-state index contributed by atoms with van der Waals surface area (Å²) in [4.78, 5) is 18.8. The Labute approximate surface area is 131 Å². The van der Waals surface area contributed by atoms with E-state index < -0.39 is 0 Å². The molecule has 3 atom stereocenters. The van der Waals surface area contributed by atoms with Crippen molar-refractivity contribution in [1.29, 1.82) is 0 Å². The first-order chi connectivity index (χ1) is 10.3. The van der Waals surface area contributed by atoms with Gasteiger partial charge in [0, 0.05) is 30.2 Å². The van der Waals surface area contributed by atoms with E-state index in [-0.39, 0.29) is 0 Å². The van der Waals surface area contributed by atoms with E-state index in [1.807, 2.05) is 24.5 Å². The summed E-state index contributed by atoms with van der Waals surface area (Å²) in [5.74, 6) is 2.61. The fourth-order valence-electron chi connectivity index (χ4n) is 3.95. The number of pyridine rings is 1. The van der Waals surface area contributed by atoms with Crippen molar-refractivity contribution in [3.8, 4) is 0 Å². The average molecular weight is 304 g/mol. The molecule has 1 amide bonds. The molecular weight excluding hydrogens is 280 g/mol. The van der Waals surface area contributed by atoms with Crippen molar-refractivity contribution in [2.24, 2.45) is 5.92 Å². The van der Waals surface area contributed by atoms with Gasteiger partial charge in [-0.2, -0.15) is 0 Å². The minimum atomic E-state index is 0.343. The first-order valence-corrected chi connectivity index (χ1v) is 9.19. The van der Waals surface area contributed by atoms with E-state index in [1.165, 1.54) is 37.7 Å². The Morgan fingerprint density at radius 2 is 2.10 bits per heavy atom. The number of fused-ring (bicyclic) bond motifs is 1. The predicted octanol–water partition coefficient (Wildman–Crippen LogP) is 3.49. The van der Waals surface area contributed by atoms with Crippen molar-refractivity contribution in [3.05, 3.63) is 30.1 Å². The SMILES string of the molecule is C[C@@H]1C[C@@H]2CCCC[C@H]2N1C(=O)CSCc1ccncc1. The maximum Gasteiger partial charge on any atom is 0.233 e. The van der Waals surface area contributed by atoms with E-state index in [4.69, 9.17) is 0 Å². The largest absolute Gasteiger partial charge is 0.336 e. The molecule has 21 heavy (non-hydrogen) atoms. The zero-order valence-corrected chi connectivity index (χ0v) is 13.5. The minimum Gasteiger partial charge on any atom is -0.336 e. The molecular formula is C17H24N2OS. The molecule has 1 aliphatic carbocycles. The third-order valence-electron chi connectivity index (χ3n) is 4.88. The fourth-order valence-corrected chi connectivity index (χ4v) is 4.80. The van der Waals surface area contributed by atoms with Gasteiger partial charge in [-0.1, -0.05) is 12.8 Å². The Bertz CT molecular complexity index is 479. The van der Waals surface area contributed by atoms with E-state index in [1.54, 1.807) is 11.8 Å². The van der Waals surface area contributed by atoms with Crippen LogP contribution in [0.1, 0.15) is 44.6 Å². The Morgan fingerprint density at radius 1 is 1.33 bits per heavy atom. The van der Waals surface area contributed by atoms with E-state index >= 15 is 0 Å². The fraction of sp³-hybridized carbons (Fsp3) is 0.647. The van der Waals surface area contributed by atoms with Gasteiger partial charge in [-0.3, -0.25) is 9.78 Å². The molecule has 4 heteroatoms. The van der Waals surface area contributed by atoms with Crippen molar-refractivity contribution in [2.75, 3.05) is 5.75 Å². The summed E-state index contributed by atoms with van der Waals surface area (Å²) in [5.41, 5.74) is 1.24. The molecule has 114 valence electrons. The van der Waals surface area contributed by atoms with Crippen molar-refractivity contribution in [3.63, 3.8) is 0 Å². The van der Waals surface area contributed by atoms with Crippen LogP contribution in [-0.2, 0) is 10.5 Å². The topological polar surface area (TPSA) is 33.2 Å². The zero-order valence-electron chi connectivity index (χ0n) is 12.7. The van der Waals surface area contributed by atoms with E-state index in [9.17, 15) is 4.79 Å². The van der Waals surface area contributed by atoms with Gasteiger partial charge in [-0.15, -0.1) is 11.8 Å². The number of likely N-dealkylation sites (tertiary alicyclic amines) is 1. The third-order valence-corrected chi connectivity index (χ3v) is 5.87. The first-order valence-electron chi connectivity index (χ1n) is 8.03. The van der Waals surface area contributed by atoms with Gasteiger partial charge in [-0.05, 0) is 49.8 Å². The molecule has 2 heterocycles. The maximum absolute atomic E-state index is 12.6. The highest BCUT2D eigenvalue weighted by Crippen LogP contribution is 2.39. The van der Waals surface area contributed by atoms with Crippen molar-refractivity contribution < 1.29 is 4.79 Å². The summed E-state index contributed by atoms with van der Waals surface area (Å²) < 4.78 is 0. The van der Waals surface area contributed by atoms with Gasteiger partial charge in [-0.25, -0.2) is 0 Å². The Morgan fingerprint density at radius 3 is 2.90 bits per heavy atom. The Kier molecular flexibility index (Phi) is 4.84. The normalized spacial score (nSPS) is 28.4. The lowest BCUT2D eigenvalue weighted by molar-refractivity contribution is -0.131. The summed E-state index contributed by atoms with van der Waals surface area (Å²) >= 11 is 1.72. The Balaban J connectivity index is 1.52. The molecule has 0 N–H and O–H groups in total. The molecule has 2 fully saturated rings. The van der Waals surface area contributed by atoms with Crippen LogP contribution in [0.3, 0.4) is 0 Å². The monoisotopic (exact) mass is 304 g/mol. The molecule has 0 unspecified atom stereocenters. The highest BCUT2D eigenvalue weighted by atomic mass is 32.2. The standard InChI is InChI=1S/C17H24N2OS/c1-13-10-15-4-2-3-5-16(15)19(13)17(20)12-21-11-14-6-8-18-9-7-14/h6-9,13,15-16H,2-5,10-12H2,1H3/t13-,15+,16-/m1/s1. The average Bonchev–Trinajstić information content (AvgIpc) is 2.84. The van der Waals surface area contributed by atoms with Gasteiger partial charge in [0.15, 0.2) is 0 Å². The van der Waals surface area contributed by atoms with Crippen molar-refractivity contribution in [2.45, 2.75) is 56.9 Å². The lowest BCUT2D eigenvalue weighted by atomic mass is 9.85. The van der Waals surface area contributed by atoms with Crippen LogP contribution in [0.5, 0.6) is 0 Å². The molecule has 0 bridgehead atoms. The third kappa shape index (κ3) is 3.42. The number of hydrogen-bond acceptors (Lipinski definition) is 3. The molecule has 3 rings (SSSR count). The summed E-state index contributed by atoms with van der Waals surface area (Å²) in [6.07, 6.45) is 10.0. The zero-order chi connectivity index (χ0) is 14.7. The Hall–Kier alpha value is -1.03. The second-order valence-electron chi connectivity index (χ2n) is 6.35. The van der Waals surface area contributed by atoms with Crippen LogP contribution >= 0.6 is 11.8 Å². The van der Waals surface area contributed by atoms with Crippen molar-refractivity contribution >= 4 is 17.7 Å². The molecule has 1 saturated carbocycles. The number of carbonyl (C=O) groups excluding carboxylic acids is 1.